The lowest BCUT2D eigenvalue weighted by molar-refractivity contribution is 0.0917. The first-order valence-corrected chi connectivity index (χ1v) is 7.14. The highest BCUT2D eigenvalue weighted by Crippen LogP contribution is 2.29. The molecule has 1 heterocycles. The number of halogens is 2. The van der Waals surface area contributed by atoms with E-state index < -0.39 is 0 Å². The molecule has 2 atom stereocenters. The Bertz CT molecular complexity index is 394. The molecule has 1 aromatic heterocycles. The summed E-state index contributed by atoms with van der Waals surface area (Å²) in [6.07, 6.45) is 4.87. The van der Waals surface area contributed by atoms with Crippen molar-refractivity contribution in [2.24, 2.45) is 5.92 Å². The predicted octanol–water partition coefficient (Wildman–Crippen LogP) is 3.62. The van der Waals surface area contributed by atoms with Crippen molar-refractivity contribution in [3.8, 4) is 0 Å². The van der Waals surface area contributed by atoms with Gasteiger partial charge in [-0.2, -0.15) is 0 Å². The van der Waals surface area contributed by atoms with E-state index in [-0.39, 0.29) is 16.9 Å². The highest BCUT2D eigenvalue weighted by Gasteiger charge is 2.23. The van der Waals surface area contributed by atoms with E-state index in [0.29, 0.717) is 17.3 Å². The van der Waals surface area contributed by atoms with Crippen molar-refractivity contribution < 1.29 is 9.21 Å². The molecule has 1 aliphatic carbocycles. The summed E-state index contributed by atoms with van der Waals surface area (Å²) in [5.74, 6) is 0.595. The van der Waals surface area contributed by atoms with Gasteiger partial charge in [-0.3, -0.25) is 4.79 Å². The topological polar surface area (TPSA) is 42.2 Å². The van der Waals surface area contributed by atoms with E-state index in [4.69, 9.17) is 16.0 Å². The number of carbonyl (C=O) groups is 1. The predicted molar refractivity (Wildman–Crippen MR) is 70.7 cm³/mol. The van der Waals surface area contributed by atoms with Crippen molar-refractivity contribution in [3.63, 3.8) is 0 Å². The van der Waals surface area contributed by atoms with E-state index >= 15 is 0 Å². The monoisotopic (exact) mass is 319 g/mol. The summed E-state index contributed by atoms with van der Waals surface area (Å²) in [6, 6.07) is 3.16. The minimum Gasteiger partial charge on any atom is -0.440 e. The van der Waals surface area contributed by atoms with Crippen molar-refractivity contribution >= 4 is 33.4 Å². The van der Waals surface area contributed by atoms with Gasteiger partial charge in [-0.25, -0.2) is 0 Å². The van der Waals surface area contributed by atoms with Crippen molar-refractivity contribution in [1.82, 2.24) is 5.32 Å². The Hall–Kier alpha value is -0.480. The second kappa shape index (κ2) is 5.91. The first-order valence-electron chi connectivity index (χ1n) is 5.84. The van der Waals surface area contributed by atoms with E-state index in [1.165, 1.54) is 19.3 Å². The van der Waals surface area contributed by atoms with Gasteiger partial charge in [0.1, 0.15) is 0 Å². The Morgan fingerprint density at radius 3 is 2.88 bits per heavy atom. The zero-order valence-corrected chi connectivity index (χ0v) is 11.8. The summed E-state index contributed by atoms with van der Waals surface area (Å²) >= 11 is 9.29. The normalized spacial score (nSPS) is 24.6. The maximum absolute atomic E-state index is 11.7. The summed E-state index contributed by atoms with van der Waals surface area (Å²) in [4.78, 5) is 12.2. The number of hydrogen-bond donors (Lipinski definition) is 1. The molecule has 0 bridgehead atoms. The first kappa shape index (κ1) is 13.0. The van der Waals surface area contributed by atoms with Gasteiger partial charge >= 0.3 is 0 Å². The van der Waals surface area contributed by atoms with Crippen molar-refractivity contribution in [2.45, 2.75) is 30.5 Å². The number of nitrogens with one attached hydrogen (secondary N) is 1. The SMILES string of the molecule is O=C(NCC1CCCCC1Br)c1ccc(Cl)o1. The van der Waals surface area contributed by atoms with Crippen LogP contribution in [0.4, 0.5) is 0 Å². The van der Waals surface area contributed by atoms with Crippen LogP contribution >= 0.6 is 27.5 Å². The standard InChI is InChI=1S/C12H15BrClNO2/c13-9-4-2-1-3-8(9)7-15-12(16)10-5-6-11(14)17-10/h5-6,8-9H,1-4,7H2,(H,15,16). The molecule has 3 nitrogen and oxygen atoms in total. The molecule has 1 N–H and O–H groups in total. The molecule has 1 fully saturated rings. The van der Waals surface area contributed by atoms with Gasteiger partial charge < -0.3 is 9.73 Å². The molecule has 0 saturated heterocycles. The molecule has 5 heteroatoms. The van der Waals surface area contributed by atoms with Crippen LogP contribution in [0, 0.1) is 5.92 Å². The lowest BCUT2D eigenvalue weighted by Crippen LogP contribution is -2.34. The molecule has 1 aromatic rings. The quantitative estimate of drug-likeness (QED) is 0.864. The van der Waals surface area contributed by atoms with Gasteiger partial charge in [0.15, 0.2) is 11.0 Å². The summed E-state index contributed by atoms with van der Waals surface area (Å²) < 4.78 is 5.05. The summed E-state index contributed by atoms with van der Waals surface area (Å²) in [5.41, 5.74) is 0. The summed E-state index contributed by atoms with van der Waals surface area (Å²) in [6.45, 7) is 0.688. The molecular formula is C12H15BrClNO2. The summed E-state index contributed by atoms with van der Waals surface area (Å²) in [7, 11) is 0. The lowest BCUT2D eigenvalue weighted by Gasteiger charge is -2.27. The molecular weight excluding hydrogens is 305 g/mol. The molecule has 0 spiro atoms. The molecule has 1 saturated carbocycles. The molecule has 1 amide bonds. The molecule has 1 aliphatic rings. The fourth-order valence-electron chi connectivity index (χ4n) is 2.14. The van der Waals surface area contributed by atoms with E-state index in [2.05, 4.69) is 21.2 Å². The zero-order chi connectivity index (χ0) is 12.3. The van der Waals surface area contributed by atoms with Crippen LogP contribution in [0.25, 0.3) is 0 Å². The third-order valence-corrected chi connectivity index (χ3v) is 4.55. The van der Waals surface area contributed by atoms with Crippen molar-refractivity contribution in [1.29, 1.82) is 0 Å². The third kappa shape index (κ3) is 3.49. The Morgan fingerprint density at radius 2 is 2.24 bits per heavy atom. The average Bonchev–Trinajstić information content (AvgIpc) is 2.74. The van der Waals surface area contributed by atoms with Crippen LogP contribution < -0.4 is 5.32 Å². The maximum atomic E-state index is 11.7. The Kier molecular flexibility index (Phi) is 4.51. The van der Waals surface area contributed by atoms with Gasteiger partial charge in [0.05, 0.1) is 0 Å². The van der Waals surface area contributed by atoms with Crippen LogP contribution in [0.1, 0.15) is 36.2 Å². The molecule has 94 valence electrons. The molecule has 17 heavy (non-hydrogen) atoms. The van der Waals surface area contributed by atoms with Gasteiger partial charge in [-0.1, -0.05) is 28.8 Å². The van der Waals surface area contributed by atoms with E-state index in [1.54, 1.807) is 12.1 Å². The van der Waals surface area contributed by atoms with Crippen LogP contribution in [0.5, 0.6) is 0 Å². The number of hydrogen-bond acceptors (Lipinski definition) is 2. The minimum absolute atomic E-state index is 0.192. The van der Waals surface area contributed by atoms with E-state index in [0.717, 1.165) is 6.42 Å². The van der Waals surface area contributed by atoms with Gasteiger partial charge in [-0.05, 0) is 42.5 Å². The number of carbonyl (C=O) groups excluding carboxylic acids is 1. The smallest absolute Gasteiger partial charge is 0.287 e. The van der Waals surface area contributed by atoms with Crippen LogP contribution in [0.2, 0.25) is 5.22 Å². The molecule has 2 unspecified atom stereocenters. The molecule has 0 aliphatic heterocycles. The van der Waals surface area contributed by atoms with Crippen molar-refractivity contribution in [3.05, 3.63) is 23.1 Å². The minimum atomic E-state index is -0.192. The van der Waals surface area contributed by atoms with Crippen LogP contribution in [-0.4, -0.2) is 17.3 Å². The van der Waals surface area contributed by atoms with Gasteiger partial charge in [0.25, 0.3) is 5.91 Å². The second-order valence-electron chi connectivity index (χ2n) is 4.37. The third-order valence-electron chi connectivity index (χ3n) is 3.14. The molecule has 0 aromatic carbocycles. The molecule has 2 rings (SSSR count). The fraction of sp³-hybridized carbons (Fsp3) is 0.583. The first-order chi connectivity index (χ1) is 8.16. The highest BCUT2D eigenvalue weighted by atomic mass is 79.9. The Morgan fingerprint density at radius 1 is 1.47 bits per heavy atom. The molecule has 0 radical (unpaired) electrons. The second-order valence-corrected chi connectivity index (χ2v) is 5.92. The lowest BCUT2D eigenvalue weighted by atomic mass is 9.89. The fourth-order valence-corrected chi connectivity index (χ4v) is 3.06. The van der Waals surface area contributed by atoms with E-state index in [1.807, 2.05) is 0 Å². The van der Waals surface area contributed by atoms with Crippen molar-refractivity contribution in [2.75, 3.05) is 6.54 Å². The number of amides is 1. The van der Waals surface area contributed by atoms with Crippen LogP contribution in [0.15, 0.2) is 16.5 Å². The van der Waals surface area contributed by atoms with Gasteiger partial charge in [0, 0.05) is 11.4 Å². The summed E-state index contributed by atoms with van der Waals surface area (Å²) in [5, 5.41) is 3.13. The van der Waals surface area contributed by atoms with Crippen LogP contribution in [-0.2, 0) is 0 Å². The zero-order valence-electron chi connectivity index (χ0n) is 9.42. The largest absolute Gasteiger partial charge is 0.440 e. The van der Waals surface area contributed by atoms with Gasteiger partial charge in [0.2, 0.25) is 0 Å². The number of rotatable bonds is 3. The Balaban J connectivity index is 1.83. The average molecular weight is 321 g/mol. The van der Waals surface area contributed by atoms with Gasteiger partial charge in [-0.15, -0.1) is 0 Å². The van der Waals surface area contributed by atoms with Crippen LogP contribution in [0.3, 0.4) is 0 Å². The number of furan rings is 1. The number of alkyl halides is 1. The Labute approximate surface area is 114 Å². The maximum Gasteiger partial charge on any atom is 0.287 e. The van der Waals surface area contributed by atoms with E-state index in [9.17, 15) is 4.79 Å². The highest BCUT2D eigenvalue weighted by molar-refractivity contribution is 9.09.